The lowest BCUT2D eigenvalue weighted by molar-refractivity contribution is 0.102. The topological polar surface area (TPSA) is 85.4 Å². The van der Waals surface area contributed by atoms with Gasteiger partial charge in [-0.3, -0.25) is 9.78 Å². The number of carbonyl (C=O) groups is 1. The predicted molar refractivity (Wildman–Crippen MR) is 89.7 cm³/mol. The Kier molecular flexibility index (Phi) is 4.92. The summed E-state index contributed by atoms with van der Waals surface area (Å²) in [5.41, 5.74) is 0.965. The van der Waals surface area contributed by atoms with Gasteiger partial charge in [0, 0.05) is 24.7 Å². The van der Waals surface area contributed by atoms with Crippen molar-refractivity contribution in [3.8, 4) is 0 Å². The number of pyridine rings is 1. The molecule has 1 aliphatic rings. The Morgan fingerprint density at radius 1 is 1.25 bits per heavy atom. The van der Waals surface area contributed by atoms with Crippen molar-refractivity contribution in [2.45, 2.75) is 23.8 Å². The summed E-state index contributed by atoms with van der Waals surface area (Å²) in [6, 6.07) is 9.50. The van der Waals surface area contributed by atoms with Crippen LogP contribution < -0.4 is 5.32 Å². The molecule has 2 aromatic rings. The maximum Gasteiger partial charge on any atom is 0.257 e. The fourth-order valence-electron chi connectivity index (χ4n) is 2.56. The van der Waals surface area contributed by atoms with Crippen LogP contribution in [0.3, 0.4) is 0 Å². The number of aromatic nitrogens is 1. The van der Waals surface area contributed by atoms with Crippen LogP contribution in [0, 0.1) is 0 Å². The molecule has 1 unspecified atom stereocenters. The Labute approximate surface area is 140 Å². The molecule has 24 heavy (non-hydrogen) atoms. The van der Waals surface area contributed by atoms with Gasteiger partial charge in [0.15, 0.2) is 9.84 Å². The lowest BCUT2D eigenvalue weighted by Crippen LogP contribution is -2.20. The lowest BCUT2D eigenvalue weighted by atomic mass is 10.2. The van der Waals surface area contributed by atoms with E-state index in [0.29, 0.717) is 17.9 Å². The molecule has 0 saturated carbocycles. The third-order valence-electron chi connectivity index (χ3n) is 3.82. The van der Waals surface area contributed by atoms with Gasteiger partial charge in [0.05, 0.1) is 22.3 Å². The summed E-state index contributed by atoms with van der Waals surface area (Å²) < 4.78 is 30.1. The van der Waals surface area contributed by atoms with Gasteiger partial charge in [0.1, 0.15) is 0 Å². The second-order valence-corrected chi connectivity index (χ2v) is 7.67. The van der Waals surface area contributed by atoms with E-state index in [2.05, 4.69) is 10.3 Å². The smallest absolute Gasteiger partial charge is 0.257 e. The van der Waals surface area contributed by atoms with Crippen LogP contribution in [-0.2, 0) is 14.6 Å². The van der Waals surface area contributed by atoms with Crippen LogP contribution in [0.4, 0.5) is 5.69 Å². The molecule has 1 atom stereocenters. The zero-order valence-corrected chi connectivity index (χ0v) is 13.8. The minimum atomic E-state index is -3.39. The molecule has 0 aliphatic carbocycles. The van der Waals surface area contributed by atoms with Crippen molar-refractivity contribution in [1.82, 2.24) is 4.98 Å². The molecule has 1 saturated heterocycles. The SMILES string of the molecule is O=C(Nc1ccc(S(=O)(=O)CC2CCCO2)cc1)c1cccnc1. The Morgan fingerprint density at radius 2 is 2.04 bits per heavy atom. The number of carbonyl (C=O) groups excluding carboxylic acids is 1. The summed E-state index contributed by atoms with van der Waals surface area (Å²) in [6.07, 6.45) is 4.51. The third kappa shape index (κ3) is 3.98. The summed E-state index contributed by atoms with van der Waals surface area (Å²) in [5, 5.41) is 2.71. The summed E-state index contributed by atoms with van der Waals surface area (Å²) in [4.78, 5) is 16.2. The Morgan fingerprint density at radius 3 is 2.67 bits per heavy atom. The standard InChI is InChI=1S/C17H18N2O4S/c20-17(13-3-1-9-18-11-13)19-14-5-7-16(8-6-14)24(21,22)12-15-4-2-10-23-15/h1,3,5-9,11,15H,2,4,10,12H2,(H,19,20). The van der Waals surface area contributed by atoms with Crippen molar-refractivity contribution in [3.05, 3.63) is 54.4 Å². The molecule has 0 spiro atoms. The number of benzene rings is 1. The van der Waals surface area contributed by atoms with E-state index in [-0.39, 0.29) is 22.7 Å². The quantitative estimate of drug-likeness (QED) is 0.898. The number of amides is 1. The highest BCUT2D eigenvalue weighted by Crippen LogP contribution is 2.20. The molecule has 0 bridgehead atoms. The average Bonchev–Trinajstić information content (AvgIpc) is 3.08. The molecular weight excluding hydrogens is 328 g/mol. The normalized spacial score (nSPS) is 17.6. The van der Waals surface area contributed by atoms with Gasteiger partial charge in [0.2, 0.25) is 0 Å². The van der Waals surface area contributed by atoms with Gasteiger partial charge >= 0.3 is 0 Å². The molecule has 1 aromatic carbocycles. The highest BCUT2D eigenvalue weighted by atomic mass is 32.2. The van der Waals surface area contributed by atoms with Gasteiger partial charge in [-0.05, 0) is 49.2 Å². The maximum atomic E-state index is 12.4. The van der Waals surface area contributed by atoms with E-state index >= 15 is 0 Å². The highest BCUT2D eigenvalue weighted by Gasteiger charge is 2.24. The number of hydrogen-bond acceptors (Lipinski definition) is 5. The fraction of sp³-hybridized carbons (Fsp3) is 0.294. The molecule has 6 nitrogen and oxygen atoms in total. The van der Waals surface area contributed by atoms with E-state index in [1.54, 1.807) is 30.5 Å². The van der Waals surface area contributed by atoms with Crippen molar-refractivity contribution in [2.75, 3.05) is 17.7 Å². The van der Waals surface area contributed by atoms with Gasteiger partial charge in [-0.2, -0.15) is 0 Å². The Bertz CT molecular complexity index is 798. The number of nitrogens with one attached hydrogen (secondary N) is 1. The van der Waals surface area contributed by atoms with Crippen LogP contribution in [0.2, 0.25) is 0 Å². The van der Waals surface area contributed by atoms with Gasteiger partial charge in [0.25, 0.3) is 5.91 Å². The highest BCUT2D eigenvalue weighted by molar-refractivity contribution is 7.91. The summed E-state index contributed by atoms with van der Waals surface area (Å²) in [6.45, 7) is 0.625. The summed E-state index contributed by atoms with van der Waals surface area (Å²) in [7, 11) is -3.39. The lowest BCUT2D eigenvalue weighted by Gasteiger charge is -2.11. The van der Waals surface area contributed by atoms with E-state index in [4.69, 9.17) is 4.74 Å². The first-order chi connectivity index (χ1) is 11.5. The number of rotatable bonds is 5. The van der Waals surface area contributed by atoms with Gasteiger partial charge in [-0.1, -0.05) is 0 Å². The van der Waals surface area contributed by atoms with Crippen molar-refractivity contribution >= 4 is 21.4 Å². The Balaban J connectivity index is 1.67. The first-order valence-electron chi connectivity index (χ1n) is 7.70. The monoisotopic (exact) mass is 346 g/mol. The number of anilines is 1. The second-order valence-electron chi connectivity index (χ2n) is 5.64. The summed E-state index contributed by atoms with van der Waals surface area (Å²) in [5.74, 6) is -0.299. The van der Waals surface area contributed by atoms with Crippen LogP contribution in [0.1, 0.15) is 23.2 Å². The fourth-order valence-corrected chi connectivity index (χ4v) is 4.06. The molecule has 1 amide bonds. The van der Waals surface area contributed by atoms with Crippen molar-refractivity contribution < 1.29 is 17.9 Å². The molecule has 1 fully saturated rings. The molecule has 7 heteroatoms. The van der Waals surface area contributed by atoms with E-state index in [9.17, 15) is 13.2 Å². The predicted octanol–water partition coefficient (Wildman–Crippen LogP) is 2.29. The minimum Gasteiger partial charge on any atom is -0.377 e. The maximum absolute atomic E-state index is 12.4. The zero-order valence-electron chi connectivity index (χ0n) is 13.0. The number of hydrogen-bond donors (Lipinski definition) is 1. The second kappa shape index (κ2) is 7.11. The van der Waals surface area contributed by atoms with Crippen LogP contribution >= 0.6 is 0 Å². The number of nitrogens with zero attached hydrogens (tertiary/aromatic N) is 1. The molecular formula is C17H18N2O4S. The summed E-state index contributed by atoms with van der Waals surface area (Å²) >= 11 is 0. The van der Waals surface area contributed by atoms with Crippen LogP contribution in [0.25, 0.3) is 0 Å². The molecule has 2 heterocycles. The molecule has 126 valence electrons. The number of sulfone groups is 1. The van der Waals surface area contributed by atoms with E-state index in [1.165, 1.54) is 18.3 Å². The van der Waals surface area contributed by atoms with Crippen LogP contribution in [0.15, 0.2) is 53.7 Å². The van der Waals surface area contributed by atoms with E-state index in [0.717, 1.165) is 12.8 Å². The van der Waals surface area contributed by atoms with Gasteiger partial charge in [-0.25, -0.2) is 8.42 Å². The van der Waals surface area contributed by atoms with E-state index < -0.39 is 9.84 Å². The number of ether oxygens (including phenoxy) is 1. The minimum absolute atomic E-state index is 0.00556. The molecule has 1 N–H and O–H groups in total. The largest absolute Gasteiger partial charge is 0.377 e. The molecule has 1 aromatic heterocycles. The molecule has 1 aliphatic heterocycles. The van der Waals surface area contributed by atoms with Gasteiger partial charge in [-0.15, -0.1) is 0 Å². The molecule has 3 rings (SSSR count). The van der Waals surface area contributed by atoms with Gasteiger partial charge < -0.3 is 10.1 Å². The first-order valence-corrected chi connectivity index (χ1v) is 9.36. The zero-order chi connectivity index (χ0) is 17.0. The van der Waals surface area contributed by atoms with Crippen LogP contribution in [0.5, 0.6) is 0 Å². The first kappa shape index (κ1) is 16.6. The Hall–Kier alpha value is -2.25. The van der Waals surface area contributed by atoms with Crippen LogP contribution in [-0.4, -0.2) is 37.8 Å². The average molecular weight is 346 g/mol. The van der Waals surface area contributed by atoms with Crippen molar-refractivity contribution in [2.24, 2.45) is 0 Å². The molecule has 0 radical (unpaired) electrons. The van der Waals surface area contributed by atoms with Crippen molar-refractivity contribution in [3.63, 3.8) is 0 Å². The third-order valence-corrected chi connectivity index (χ3v) is 5.63. The van der Waals surface area contributed by atoms with Crippen molar-refractivity contribution in [1.29, 1.82) is 0 Å². The van der Waals surface area contributed by atoms with E-state index in [1.807, 2.05) is 0 Å².